The van der Waals surface area contributed by atoms with Crippen LogP contribution in [0.2, 0.25) is 0 Å². The number of nitrogens with one attached hydrogen (secondary N) is 2. The molecule has 1 fully saturated rings. The van der Waals surface area contributed by atoms with Crippen molar-refractivity contribution in [2.24, 2.45) is 0 Å². The molecule has 0 aliphatic carbocycles. The van der Waals surface area contributed by atoms with Gasteiger partial charge in [-0.1, -0.05) is 12.1 Å². The van der Waals surface area contributed by atoms with Gasteiger partial charge in [0.15, 0.2) is 0 Å². The van der Waals surface area contributed by atoms with Gasteiger partial charge in [-0.15, -0.1) is 0 Å². The van der Waals surface area contributed by atoms with E-state index in [2.05, 4.69) is 10.3 Å². The molecule has 1 aromatic heterocycles. The summed E-state index contributed by atoms with van der Waals surface area (Å²) >= 11 is 0. The zero-order valence-corrected chi connectivity index (χ0v) is 18.6. The van der Waals surface area contributed by atoms with Gasteiger partial charge in [-0.05, 0) is 54.3 Å². The Morgan fingerprint density at radius 1 is 0.971 bits per heavy atom. The topological polar surface area (TPSA) is 85.5 Å². The summed E-state index contributed by atoms with van der Waals surface area (Å²) in [5.74, 6) is -1.46. The highest BCUT2D eigenvalue weighted by molar-refractivity contribution is 5.94. The number of pyridine rings is 1. The van der Waals surface area contributed by atoms with E-state index < -0.39 is 11.6 Å². The van der Waals surface area contributed by atoms with Gasteiger partial charge >= 0.3 is 6.03 Å². The van der Waals surface area contributed by atoms with Gasteiger partial charge < -0.3 is 20.1 Å². The molecule has 0 saturated carbocycles. The van der Waals surface area contributed by atoms with Gasteiger partial charge in [0.1, 0.15) is 11.6 Å². The second kappa shape index (κ2) is 9.86. The summed E-state index contributed by atoms with van der Waals surface area (Å²) in [5, 5.41) is 2.83. The number of aromatic nitrogens is 1. The molecule has 3 aromatic rings. The quantitative estimate of drug-likeness (QED) is 0.608. The summed E-state index contributed by atoms with van der Waals surface area (Å²) in [7, 11) is 1.71. The van der Waals surface area contributed by atoms with E-state index in [1.165, 1.54) is 30.5 Å². The number of rotatable bonds is 4. The number of aromatic amines is 1. The maximum Gasteiger partial charge on any atom is 0.321 e. The molecule has 2 N–H and O–H groups in total. The van der Waals surface area contributed by atoms with Crippen molar-refractivity contribution in [3.63, 3.8) is 0 Å². The fourth-order valence-corrected chi connectivity index (χ4v) is 4.03. The predicted octanol–water partition coefficient (Wildman–Crippen LogP) is 4.09. The highest BCUT2D eigenvalue weighted by Crippen LogP contribution is 2.24. The van der Waals surface area contributed by atoms with Crippen LogP contribution >= 0.6 is 0 Å². The van der Waals surface area contributed by atoms with Crippen LogP contribution in [0.4, 0.5) is 19.3 Å². The first-order valence-corrected chi connectivity index (χ1v) is 10.9. The number of hydrogen-bond donors (Lipinski definition) is 2. The molecule has 4 rings (SSSR count). The number of nitrogens with zero attached hydrogens (tertiary/aromatic N) is 2. The number of urea groups is 1. The minimum absolute atomic E-state index is 0.0332. The molecule has 0 radical (unpaired) electrons. The average molecular weight is 466 g/mol. The Hall–Kier alpha value is -4.01. The van der Waals surface area contributed by atoms with E-state index >= 15 is 0 Å². The lowest BCUT2D eigenvalue weighted by Crippen LogP contribution is -2.48. The fraction of sp³-hybridized carbons (Fsp3) is 0.240. The largest absolute Gasteiger partial charge is 0.338 e. The Kier molecular flexibility index (Phi) is 6.72. The van der Waals surface area contributed by atoms with Crippen LogP contribution in [0.25, 0.3) is 11.1 Å². The van der Waals surface area contributed by atoms with E-state index in [0.717, 1.165) is 6.07 Å². The lowest BCUT2D eigenvalue weighted by atomic mass is 10.0. The van der Waals surface area contributed by atoms with Crippen molar-refractivity contribution < 1.29 is 18.4 Å². The van der Waals surface area contributed by atoms with Crippen LogP contribution in [-0.2, 0) is 0 Å². The van der Waals surface area contributed by atoms with E-state index in [1.807, 2.05) is 0 Å². The van der Waals surface area contributed by atoms with Crippen molar-refractivity contribution in [1.82, 2.24) is 14.8 Å². The number of amides is 3. The molecule has 176 valence electrons. The van der Waals surface area contributed by atoms with Crippen LogP contribution in [0.5, 0.6) is 0 Å². The molecular formula is C25H24F2N4O3. The highest BCUT2D eigenvalue weighted by atomic mass is 19.1. The Bertz CT molecular complexity index is 1210. The first kappa shape index (κ1) is 23.2. The Balaban J connectivity index is 1.32. The summed E-state index contributed by atoms with van der Waals surface area (Å²) in [5.41, 5.74) is 1.76. The maximum absolute atomic E-state index is 13.5. The second-order valence-corrected chi connectivity index (χ2v) is 8.24. The summed E-state index contributed by atoms with van der Waals surface area (Å²) in [6, 6.07) is 12.5. The molecule has 1 aliphatic rings. The van der Waals surface area contributed by atoms with Crippen LogP contribution in [0, 0.1) is 11.6 Å². The molecule has 0 spiro atoms. The summed E-state index contributed by atoms with van der Waals surface area (Å²) in [6.45, 7) is 0.998. The number of benzene rings is 2. The number of piperidine rings is 1. The number of carbonyl (C=O) groups excluding carboxylic acids is 2. The van der Waals surface area contributed by atoms with E-state index in [4.69, 9.17) is 0 Å². The van der Waals surface area contributed by atoms with Crippen molar-refractivity contribution in [2.45, 2.75) is 18.9 Å². The standard InChI is InChI=1S/C25H24F2N4O3/c1-30(22-8-10-31(11-9-22)24(33)17-4-7-23(32)28-15-17)25(34)29-21-5-2-16(3-6-21)18-12-19(26)14-20(27)13-18/h2-7,12-15,22H,8-11H2,1H3,(H,28,32)(H,29,34). The third kappa shape index (κ3) is 5.31. The smallest absolute Gasteiger partial charge is 0.321 e. The Labute approximate surface area is 195 Å². The molecule has 1 saturated heterocycles. The van der Waals surface area contributed by atoms with Crippen molar-refractivity contribution in [1.29, 1.82) is 0 Å². The van der Waals surface area contributed by atoms with E-state index in [9.17, 15) is 23.2 Å². The number of halogens is 2. The molecule has 2 heterocycles. The molecule has 2 aromatic carbocycles. The highest BCUT2D eigenvalue weighted by Gasteiger charge is 2.28. The number of carbonyl (C=O) groups is 2. The molecule has 0 unspecified atom stereocenters. The van der Waals surface area contributed by atoms with Crippen LogP contribution in [0.1, 0.15) is 23.2 Å². The van der Waals surface area contributed by atoms with Crippen molar-refractivity contribution in [3.05, 3.63) is 88.3 Å². The van der Waals surface area contributed by atoms with Gasteiger partial charge in [0.25, 0.3) is 5.91 Å². The van der Waals surface area contributed by atoms with Crippen molar-refractivity contribution >= 4 is 17.6 Å². The first-order chi connectivity index (χ1) is 16.3. The SMILES string of the molecule is CN(C(=O)Nc1ccc(-c2cc(F)cc(F)c2)cc1)C1CCN(C(=O)c2ccc(=O)[nH]c2)CC1. The fourth-order valence-electron chi connectivity index (χ4n) is 4.03. The van der Waals surface area contributed by atoms with Crippen molar-refractivity contribution in [3.8, 4) is 11.1 Å². The molecule has 9 heteroatoms. The number of H-pyrrole nitrogens is 1. The van der Waals surface area contributed by atoms with Crippen LogP contribution in [-0.4, -0.2) is 52.9 Å². The van der Waals surface area contributed by atoms with E-state index in [0.29, 0.717) is 48.3 Å². The minimum atomic E-state index is -0.652. The number of hydrogen-bond acceptors (Lipinski definition) is 3. The van der Waals surface area contributed by atoms with Gasteiger partial charge in [0, 0.05) is 50.2 Å². The van der Waals surface area contributed by atoms with E-state index in [-0.39, 0.29) is 23.5 Å². The monoisotopic (exact) mass is 466 g/mol. The molecule has 34 heavy (non-hydrogen) atoms. The van der Waals surface area contributed by atoms with Crippen molar-refractivity contribution in [2.75, 3.05) is 25.5 Å². The van der Waals surface area contributed by atoms with Gasteiger partial charge in [0.2, 0.25) is 5.56 Å². The maximum atomic E-state index is 13.5. The third-order valence-corrected chi connectivity index (χ3v) is 5.98. The Morgan fingerprint density at radius 3 is 2.21 bits per heavy atom. The molecule has 7 nitrogen and oxygen atoms in total. The average Bonchev–Trinajstić information content (AvgIpc) is 2.83. The minimum Gasteiger partial charge on any atom is -0.338 e. The van der Waals surface area contributed by atoms with Crippen LogP contribution in [0.3, 0.4) is 0 Å². The van der Waals surface area contributed by atoms with Crippen LogP contribution in [0.15, 0.2) is 65.6 Å². The van der Waals surface area contributed by atoms with Crippen LogP contribution < -0.4 is 10.9 Å². The Morgan fingerprint density at radius 2 is 1.62 bits per heavy atom. The summed E-state index contributed by atoms with van der Waals surface area (Å²) in [6.07, 6.45) is 2.67. The molecule has 0 bridgehead atoms. The molecule has 3 amide bonds. The molecular weight excluding hydrogens is 442 g/mol. The first-order valence-electron chi connectivity index (χ1n) is 10.9. The van der Waals surface area contributed by atoms with Gasteiger partial charge in [0.05, 0.1) is 5.56 Å². The molecule has 0 atom stereocenters. The zero-order chi connectivity index (χ0) is 24.2. The van der Waals surface area contributed by atoms with Gasteiger partial charge in [-0.3, -0.25) is 9.59 Å². The number of anilines is 1. The number of likely N-dealkylation sites (tertiary alicyclic amines) is 1. The zero-order valence-electron chi connectivity index (χ0n) is 18.6. The van der Waals surface area contributed by atoms with E-state index in [1.54, 1.807) is 41.1 Å². The predicted molar refractivity (Wildman–Crippen MR) is 125 cm³/mol. The third-order valence-electron chi connectivity index (χ3n) is 5.98. The van der Waals surface area contributed by atoms with Gasteiger partial charge in [-0.2, -0.15) is 0 Å². The lowest BCUT2D eigenvalue weighted by molar-refractivity contribution is 0.0671. The summed E-state index contributed by atoms with van der Waals surface area (Å²) < 4.78 is 26.9. The normalized spacial score (nSPS) is 14.0. The summed E-state index contributed by atoms with van der Waals surface area (Å²) in [4.78, 5) is 42.4. The molecule has 1 aliphatic heterocycles. The lowest BCUT2D eigenvalue weighted by Gasteiger charge is -2.36. The van der Waals surface area contributed by atoms with Gasteiger partial charge in [-0.25, -0.2) is 13.6 Å². The second-order valence-electron chi connectivity index (χ2n) is 8.24.